The van der Waals surface area contributed by atoms with E-state index in [0.717, 1.165) is 45.6 Å². The molecule has 0 saturated carbocycles. The Labute approximate surface area is 189 Å². The highest BCUT2D eigenvalue weighted by atomic mass is 16.6. The summed E-state index contributed by atoms with van der Waals surface area (Å²) in [5.41, 5.74) is 3.06. The van der Waals surface area contributed by atoms with Gasteiger partial charge in [0.25, 0.3) is 5.69 Å². The molecule has 8 heteroatoms. The van der Waals surface area contributed by atoms with Gasteiger partial charge in [0.2, 0.25) is 5.91 Å². The summed E-state index contributed by atoms with van der Waals surface area (Å²) in [5, 5.41) is 16.9. The summed E-state index contributed by atoms with van der Waals surface area (Å²) in [4.78, 5) is 27.5. The fourth-order valence-corrected chi connectivity index (χ4v) is 3.92. The maximum Gasteiger partial charge on any atom is 0.292 e. The molecule has 0 radical (unpaired) electrons. The number of amides is 1. The van der Waals surface area contributed by atoms with Gasteiger partial charge in [0, 0.05) is 57.4 Å². The first-order valence-corrected chi connectivity index (χ1v) is 11.3. The van der Waals surface area contributed by atoms with E-state index in [0.29, 0.717) is 18.8 Å². The van der Waals surface area contributed by atoms with Crippen LogP contribution < -0.4 is 15.5 Å². The number of piperazine rings is 1. The second kappa shape index (κ2) is 12.0. The first kappa shape index (κ1) is 23.5. The van der Waals surface area contributed by atoms with Crippen LogP contribution in [0, 0.1) is 17.0 Å². The van der Waals surface area contributed by atoms with E-state index in [2.05, 4.69) is 51.6 Å². The number of hydrogen-bond donors (Lipinski definition) is 2. The van der Waals surface area contributed by atoms with Gasteiger partial charge in [0.15, 0.2) is 0 Å². The lowest BCUT2D eigenvalue weighted by atomic mass is 10.2. The summed E-state index contributed by atoms with van der Waals surface area (Å²) >= 11 is 0. The second-order valence-electron chi connectivity index (χ2n) is 8.18. The summed E-state index contributed by atoms with van der Waals surface area (Å²) in [6.07, 6.45) is 2.29. The molecule has 32 heavy (non-hydrogen) atoms. The first-order valence-electron chi connectivity index (χ1n) is 11.3. The average Bonchev–Trinajstić information content (AvgIpc) is 2.79. The van der Waals surface area contributed by atoms with Crippen molar-refractivity contribution in [2.75, 3.05) is 56.0 Å². The van der Waals surface area contributed by atoms with Crippen molar-refractivity contribution in [3.63, 3.8) is 0 Å². The zero-order valence-electron chi connectivity index (χ0n) is 18.8. The van der Waals surface area contributed by atoms with Gasteiger partial charge in [0.05, 0.1) is 4.92 Å². The number of nitrogens with zero attached hydrogens (tertiary/aromatic N) is 3. The summed E-state index contributed by atoms with van der Waals surface area (Å²) in [5.74, 6) is -0.0390. The normalized spacial score (nSPS) is 14.2. The SMILES string of the molecule is Cc1cccc(N2CCN(CCCCNC(=O)CCNc3ccccc3[N+](=O)[O-])CC2)c1. The van der Waals surface area contributed by atoms with E-state index in [9.17, 15) is 14.9 Å². The van der Waals surface area contributed by atoms with Crippen molar-refractivity contribution < 1.29 is 9.72 Å². The molecule has 2 aromatic carbocycles. The average molecular weight is 440 g/mol. The lowest BCUT2D eigenvalue weighted by Crippen LogP contribution is -2.46. The van der Waals surface area contributed by atoms with E-state index in [4.69, 9.17) is 0 Å². The predicted octanol–water partition coefficient (Wildman–Crippen LogP) is 3.42. The molecule has 1 heterocycles. The molecule has 2 N–H and O–H groups in total. The smallest absolute Gasteiger partial charge is 0.292 e. The molecular formula is C24H33N5O3. The monoisotopic (exact) mass is 439 g/mol. The molecule has 0 aromatic heterocycles. The Morgan fingerprint density at radius 2 is 1.81 bits per heavy atom. The summed E-state index contributed by atoms with van der Waals surface area (Å²) in [6.45, 7) is 8.44. The maximum atomic E-state index is 12.0. The van der Waals surface area contributed by atoms with Gasteiger partial charge in [-0.25, -0.2) is 0 Å². The number of rotatable bonds is 11. The Bertz CT molecular complexity index is 897. The van der Waals surface area contributed by atoms with Crippen molar-refractivity contribution in [3.8, 4) is 0 Å². The van der Waals surface area contributed by atoms with Gasteiger partial charge in [-0.05, 0) is 50.1 Å². The first-order chi connectivity index (χ1) is 15.5. The third-order valence-corrected chi connectivity index (χ3v) is 5.73. The molecule has 1 fully saturated rings. The molecule has 8 nitrogen and oxygen atoms in total. The molecule has 1 aliphatic heterocycles. The molecule has 1 aliphatic rings. The van der Waals surface area contributed by atoms with Gasteiger partial charge in [-0.2, -0.15) is 0 Å². The molecule has 172 valence electrons. The van der Waals surface area contributed by atoms with Crippen LogP contribution in [0.1, 0.15) is 24.8 Å². The molecule has 2 aromatic rings. The second-order valence-corrected chi connectivity index (χ2v) is 8.18. The molecule has 1 saturated heterocycles. The number of carbonyl (C=O) groups excluding carboxylic acids is 1. The molecule has 0 spiro atoms. The van der Waals surface area contributed by atoms with E-state index >= 15 is 0 Å². The summed E-state index contributed by atoms with van der Waals surface area (Å²) in [6, 6.07) is 15.1. The van der Waals surface area contributed by atoms with E-state index in [1.165, 1.54) is 17.3 Å². The molecule has 0 atom stereocenters. The number of unbranched alkanes of at least 4 members (excludes halogenated alkanes) is 1. The third-order valence-electron chi connectivity index (χ3n) is 5.73. The fourth-order valence-electron chi connectivity index (χ4n) is 3.92. The highest BCUT2D eigenvalue weighted by Crippen LogP contribution is 2.23. The van der Waals surface area contributed by atoms with Crippen molar-refractivity contribution in [1.29, 1.82) is 0 Å². The Hall–Kier alpha value is -3.13. The van der Waals surface area contributed by atoms with Crippen LogP contribution in [0.2, 0.25) is 0 Å². The standard InChI is InChI=1S/C24H33N5O3/c1-20-7-6-8-21(19-20)28-17-15-27(16-18-28)14-5-4-12-26-24(30)11-13-25-22-9-2-3-10-23(22)29(31)32/h2-3,6-10,19,25H,4-5,11-18H2,1H3,(H,26,30). The van der Waals surface area contributed by atoms with Crippen molar-refractivity contribution in [2.45, 2.75) is 26.2 Å². The minimum atomic E-state index is -0.426. The zero-order chi connectivity index (χ0) is 22.8. The van der Waals surface area contributed by atoms with Gasteiger partial charge in [0.1, 0.15) is 5.69 Å². The van der Waals surface area contributed by atoms with Crippen LogP contribution in [0.3, 0.4) is 0 Å². The van der Waals surface area contributed by atoms with Gasteiger partial charge < -0.3 is 15.5 Å². The van der Waals surface area contributed by atoms with Crippen LogP contribution >= 0.6 is 0 Å². The van der Waals surface area contributed by atoms with E-state index in [-0.39, 0.29) is 18.0 Å². The zero-order valence-corrected chi connectivity index (χ0v) is 18.8. The molecular weight excluding hydrogens is 406 g/mol. The Kier molecular flexibility index (Phi) is 8.86. The fraction of sp³-hybridized carbons (Fsp3) is 0.458. The van der Waals surface area contributed by atoms with Gasteiger partial charge in [-0.3, -0.25) is 19.8 Å². The Balaban J connectivity index is 1.24. The topological polar surface area (TPSA) is 90.8 Å². The molecule has 0 bridgehead atoms. The van der Waals surface area contributed by atoms with Crippen LogP contribution in [-0.2, 0) is 4.79 Å². The third kappa shape index (κ3) is 7.23. The van der Waals surface area contributed by atoms with Gasteiger partial charge >= 0.3 is 0 Å². The maximum absolute atomic E-state index is 12.0. The lowest BCUT2D eigenvalue weighted by molar-refractivity contribution is -0.384. The minimum Gasteiger partial charge on any atom is -0.379 e. The van der Waals surface area contributed by atoms with Crippen LogP contribution in [0.4, 0.5) is 17.1 Å². The number of carbonyl (C=O) groups is 1. The number of nitro groups is 1. The Morgan fingerprint density at radius 1 is 1.03 bits per heavy atom. The number of nitro benzene ring substituents is 1. The number of para-hydroxylation sites is 2. The van der Waals surface area contributed by atoms with Crippen LogP contribution in [0.15, 0.2) is 48.5 Å². The number of benzene rings is 2. The predicted molar refractivity (Wildman–Crippen MR) is 128 cm³/mol. The molecule has 0 unspecified atom stereocenters. The van der Waals surface area contributed by atoms with E-state index in [1.807, 2.05) is 0 Å². The van der Waals surface area contributed by atoms with Gasteiger partial charge in [-0.15, -0.1) is 0 Å². The number of anilines is 2. The lowest BCUT2D eigenvalue weighted by Gasteiger charge is -2.36. The Morgan fingerprint density at radius 3 is 2.56 bits per heavy atom. The van der Waals surface area contributed by atoms with E-state index < -0.39 is 4.92 Å². The van der Waals surface area contributed by atoms with Crippen molar-refractivity contribution in [2.24, 2.45) is 0 Å². The van der Waals surface area contributed by atoms with Crippen LogP contribution in [-0.4, -0.2) is 61.5 Å². The van der Waals surface area contributed by atoms with Gasteiger partial charge in [-0.1, -0.05) is 24.3 Å². The highest BCUT2D eigenvalue weighted by molar-refractivity contribution is 5.76. The summed E-state index contributed by atoms with van der Waals surface area (Å²) < 4.78 is 0. The van der Waals surface area contributed by atoms with Crippen LogP contribution in [0.5, 0.6) is 0 Å². The van der Waals surface area contributed by atoms with Crippen LogP contribution in [0.25, 0.3) is 0 Å². The number of aryl methyl sites for hydroxylation is 1. The summed E-state index contributed by atoms with van der Waals surface area (Å²) in [7, 11) is 0. The largest absolute Gasteiger partial charge is 0.379 e. The highest BCUT2D eigenvalue weighted by Gasteiger charge is 2.17. The molecule has 1 amide bonds. The number of nitrogens with one attached hydrogen (secondary N) is 2. The quantitative estimate of drug-likeness (QED) is 0.317. The van der Waals surface area contributed by atoms with Crippen molar-refractivity contribution in [3.05, 3.63) is 64.2 Å². The minimum absolute atomic E-state index is 0.0209. The molecule has 3 rings (SSSR count). The van der Waals surface area contributed by atoms with Crippen molar-refractivity contribution >= 4 is 23.0 Å². The molecule has 0 aliphatic carbocycles. The number of hydrogen-bond acceptors (Lipinski definition) is 6. The van der Waals surface area contributed by atoms with E-state index in [1.54, 1.807) is 18.2 Å². The van der Waals surface area contributed by atoms with Crippen molar-refractivity contribution in [1.82, 2.24) is 10.2 Å².